The second-order valence-electron chi connectivity index (χ2n) is 4.93. The van der Waals surface area contributed by atoms with E-state index in [4.69, 9.17) is 4.74 Å². The smallest absolute Gasteiger partial charge is 0.162 e. The van der Waals surface area contributed by atoms with Crippen LogP contribution < -0.4 is 0 Å². The van der Waals surface area contributed by atoms with E-state index in [2.05, 4.69) is 0 Å². The van der Waals surface area contributed by atoms with Gasteiger partial charge in [0.1, 0.15) is 5.82 Å². The topological polar surface area (TPSA) is 43.4 Å². The van der Waals surface area contributed by atoms with Gasteiger partial charge in [-0.1, -0.05) is 0 Å². The molecule has 2 rings (SSSR count). The van der Waals surface area contributed by atoms with Crippen LogP contribution in [-0.4, -0.2) is 34.2 Å². The number of ketones is 1. The second kappa shape index (κ2) is 7.64. The Bertz CT molecular complexity index is 467. The third-order valence-electron chi connectivity index (χ3n) is 3.46. The largest absolute Gasteiger partial charge is 0.381 e. The normalized spacial score (nSPS) is 17.9. The summed E-state index contributed by atoms with van der Waals surface area (Å²) in [6.45, 7) is 1.37. The SMILES string of the molecule is O=C(CCCS(=O)C1CCOCC1)c1ccc(F)cc1. The first kappa shape index (κ1) is 15.3. The fourth-order valence-electron chi connectivity index (χ4n) is 2.26. The van der Waals surface area contributed by atoms with Crippen molar-refractivity contribution in [3.8, 4) is 0 Å². The van der Waals surface area contributed by atoms with Crippen LogP contribution in [0.25, 0.3) is 0 Å². The van der Waals surface area contributed by atoms with E-state index in [0.29, 0.717) is 37.4 Å². The molecule has 0 saturated carbocycles. The highest BCUT2D eigenvalue weighted by Gasteiger charge is 2.20. The number of carbonyl (C=O) groups is 1. The molecule has 110 valence electrons. The lowest BCUT2D eigenvalue weighted by atomic mass is 10.1. The average Bonchev–Trinajstić information content (AvgIpc) is 2.48. The Balaban J connectivity index is 1.73. The lowest BCUT2D eigenvalue weighted by molar-refractivity contribution is 0.0978. The third-order valence-corrected chi connectivity index (χ3v) is 5.36. The standard InChI is InChI=1S/C15H19FO3S/c16-13-5-3-12(4-6-13)15(17)2-1-11-20(18)14-7-9-19-10-8-14/h3-6,14H,1-2,7-11H2. The number of carbonyl (C=O) groups excluding carboxylic acids is 1. The van der Waals surface area contributed by atoms with Crippen molar-refractivity contribution < 1.29 is 18.1 Å². The molecule has 1 aliphatic rings. The second-order valence-corrected chi connectivity index (χ2v) is 6.77. The minimum Gasteiger partial charge on any atom is -0.381 e. The third kappa shape index (κ3) is 4.49. The van der Waals surface area contributed by atoms with Gasteiger partial charge in [0.25, 0.3) is 0 Å². The van der Waals surface area contributed by atoms with Gasteiger partial charge in [-0.3, -0.25) is 9.00 Å². The predicted octanol–water partition coefficient (Wildman–Crippen LogP) is 2.72. The molecule has 1 atom stereocenters. The number of hydrogen-bond donors (Lipinski definition) is 0. The molecular formula is C15H19FO3S. The van der Waals surface area contributed by atoms with Crippen LogP contribution in [0.4, 0.5) is 4.39 Å². The van der Waals surface area contributed by atoms with E-state index in [1.54, 1.807) is 0 Å². The van der Waals surface area contributed by atoms with Gasteiger partial charge in [-0.15, -0.1) is 0 Å². The molecule has 0 amide bonds. The molecule has 0 N–H and O–H groups in total. The fraction of sp³-hybridized carbons (Fsp3) is 0.533. The van der Waals surface area contributed by atoms with Crippen molar-refractivity contribution in [2.24, 2.45) is 0 Å². The number of benzene rings is 1. The quantitative estimate of drug-likeness (QED) is 0.758. The number of ether oxygens (including phenoxy) is 1. The molecule has 5 heteroatoms. The van der Waals surface area contributed by atoms with E-state index in [-0.39, 0.29) is 16.9 Å². The summed E-state index contributed by atoms with van der Waals surface area (Å²) in [5, 5.41) is 0.213. The van der Waals surface area contributed by atoms with Gasteiger partial charge >= 0.3 is 0 Å². The highest BCUT2D eigenvalue weighted by molar-refractivity contribution is 7.85. The lowest BCUT2D eigenvalue weighted by Gasteiger charge is -2.21. The maximum Gasteiger partial charge on any atom is 0.162 e. The van der Waals surface area contributed by atoms with Crippen LogP contribution in [0.15, 0.2) is 24.3 Å². The molecule has 3 nitrogen and oxygen atoms in total. The first-order valence-corrected chi connectivity index (χ1v) is 8.29. The minimum absolute atomic E-state index is 0.0195. The maximum atomic E-state index is 12.8. The highest BCUT2D eigenvalue weighted by Crippen LogP contribution is 2.15. The Morgan fingerprint density at radius 3 is 2.55 bits per heavy atom. The maximum absolute atomic E-state index is 12.8. The molecule has 1 heterocycles. The molecule has 1 saturated heterocycles. The molecule has 1 fully saturated rings. The van der Waals surface area contributed by atoms with E-state index in [1.165, 1.54) is 24.3 Å². The van der Waals surface area contributed by atoms with Crippen molar-refractivity contribution in [2.75, 3.05) is 19.0 Å². The summed E-state index contributed by atoms with van der Waals surface area (Å²) in [6, 6.07) is 5.56. The van der Waals surface area contributed by atoms with E-state index in [1.807, 2.05) is 0 Å². The number of halogens is 1. The lowest BCUT2D eigenvalue weighted by Crippen LogP contribution is -2.26. The average molecular weight is 298 g/mol. The first-order chi connectivity index (χ1) is 9.66. The van der Waals surface area contributed by atoms with Crippen molar-refractivity contribution >= 4 is 16.6 Å². The van der Waals surface area contributed by atoms with Crippen molar-refractivity contribution in [1.29, 1.82) is 0 Å². The zero-order chi connectivity index (χ0) is 14.4. The molecule has 1 aromatic rings. The van der Waals surface area contributed by atoms with Crippen LogP contribution in [-0.2, 0) is 15.5 Å². The van der Waals surface area contributed by atoms with Crippen LogP contribution in [0, 0.1) is 5.82 Å². The Labute approximate surface area is 121 Å². The monoisotopic (exact) mass is 298 g/mol. The Kier molecular flexibility index (Phi) is 5.86. The molecule has 0 bridgehead atoms. The molecule has 1 aliphatic heterocycles. The van der Waals surface area contributed by atoms with Crippen LogP contribution in [0.5, 0.6) is 0 Å². The summed E-state index contributed by atoms with van der Waals surface area (Å²) >= 11 is 0. The zero-order valence-electron chi connectivity index (χ0n) is 11.3. The first-order valence-electron chi connectivity index (χ1n) is 6.90. The van der Waals surface area contributed by atoms with Crippen molar-refractivity contribution in [1.82, 2.24) is 0 Å². The summed E-state index contributed by atoms with van der Waals surface area (Å²) in [5.41, 5.74) is 0.517. The van der Waals surface area contributed by atoms with E-state index in [9.17, 15) is 13.4 Å². The van der Waals surface area contributed by atoms with Crippen molar-refractivity contribution in [2.45, 2.75) is 30.9 Å². The van der Waals surface area contributed by atoms with Crippen LogP contribution in [0.2, 0.25) is 0 Å². The van der Waals surface area contributed by atoms with Gasteiger partial charge in [-0.2, -0.15) is 0 Å². The van der Waals surface area contributed by atoms with Gasteiger partial charge in [0.05, 0.1) is 0 Å². The molecule has 1 aromatic carbocycles. The summed E-state index contributed by atoms with van der Waals surface area (Å²) in [4.78, 5) is 11.9. The van der Waals surface area contributed by atoms with Gasteiger partial charge < -0.3 is 4.74 Å². The van der Waals surface area contributed by atoms with E-state index < -0.39 is 10.8 Å². The van der Waals surface area contributed by atoms with Gasteiger partial charge in [0.2, 0.25) is 0 Å². The number of Topliss-reactive ketones (excluding diaryl/α,β-unsaturated/α-hetero) is 1. The molecule has 0 spiro atoms. The molecular weight excluding hydrogens is 279 g/mol. The van der Waals surface area contributed by atoms with Crippen molar-refractivity contribution in [3.63, 3.8) is 0 Å². The van der Waals surface area contributed by atoms with Crippen molar-refractivity contribution in [3.05, 3.63) is 35.6 Å². The van der Waals surface area contributed by atoms with Crippen LogP contribution in [0.3, 0.4) is 0 Å². The minimum atomic E-state index is -0.875. The fourth-order valence-corrected chi connectivity index (χ4v) is 3.74. The summed E-state index contributed by atoms with van der Waals surface area (Å²) in [6.07, 6.45) is 2.66. The van der Waals surface area contributed by atoms with Gasteiger partial charge in [-0.25, -0.2) is 4.39 Å². The zero-order valence-corrected chi connectivity index (χ0v) is 12.2. The highest BCUT2D eigenvalue weighted by atomic mass is 32.2. The van der Waals surface area contributed by atoms with Gasteiger partial charge in [0, 0.05) is 47.0 Å². The number of hydrogen-bond acceptors (Lipinski definition) is 3. The predicted molar refractivity (Wildman–Crippen MR) is 76.8 cm³/mol. The Morgan fingerprint density at radius 1 is 1.25 bits per heavy atom. The van der Waals surface area contributed by atoms with Gasteiger partial charge in [0.15, 0.2) is 5.78 Å². The Hall–Kier alpha value is -1.07. The van der Waals surface area contributed by atoms with E-state index >= 15 is 0 Å². The molecule has 0 radical (unpaired) electrons. The molecule has 0 aromatic heterocycles. The molecule has 1 unspecified atom stereocenters. The van der Waals surface area contributed by atoms with E-state index in [0.717, 1.165) is 12.8 Å². The van der Waals surface area contributed by atoms with Gasteiger partial charge in [-0.05, 0) is 43.5 Å². The Morgan fingerprint density at radius 2 is 1.90 bits per heavy atom. The summed E-state index contributed by atoms with van der Waals surface area (Å²) in [7, 11) is -0.875. The molecule has 20 heavy (non-hydrogen) atoms. The molecule has 0 aliphatic carbocycles. The summed E-state index contributed by atoms with van der Waals surface area (Å²) in [5.74, 6) is 0.188. The summed E-state index contributed by atoms with van der Waals surface area (Å²) < 4.78 is 30.0. The van der Waals surface area contributed by atoms with Crippen LogP contribution >= 0.6 is 0 Å². The number of rotatable bonds is 6. The van der Waals surface area contributed by atoms with Crippen LogP contribution in [0.1, 0.15) is 36.0 Å².